The summed E-state index contributed by atoms with van der Waals surface area (Å²) >= 11 is 0. The van der Waals surface area contributed by atoms with Crippen molar-refractivity contribution in [1.29, 1.82) is 0 Å². The van der Waals surface area contributed by atoms with Crippen molar-refractivity contribution in [3.63, 3.8) is 0 Å². The Morgan fingerprint density at radius 1 is 1.40 bits per heavy atom. The molecule has 8 heteroatoms. The fourth-order valence-corrected chi connectivity index (χ4v) is 1.83. The second-order valence-electron chi connectivity index (χ2n) is 5.55. The summed E-state index contributed by atoms with van der Waals surface area (Å²) in [5.74, 6) is -0.247. The van der Waals surface area contributed by atoms with E-state index in [4.69, 9.17) is 0 Å². The van der Waals surface area contributed by atoms with Gasteiger partial charge in [-0.1, -0.05) is 5.21 Å². The molecule has 0 fully saturated rings. The van der Waals surface area contributed by atoms with Crippen molar-refractivity contribution in [3.8, 4) is 0 Å². The lowest BCUT2D eigenvalue weighted by Gasteiger charge is -2.20. The zero-order valence-electron chi connectivity index (χ0n) is 12.0. The number of hydrogen-bond donors (Lipinski definition) is 1. The van der Waals surface area contributed by atoms with Crippen molar-refractivity contribution in [3.05, 3.63) is 16.7 Å². The van der Waals surface area contributed by atoms with Crippen LogP contribution in [0.4, 0.5) is 0 Å². The van der Waals surface area contributed by atoms with Gasteiger partial charge in [0.15, 0.2) is 11.2 Å². The molecular weight excluding hydrogens is 260 g/mol. The normalized spacial score (nSPS) is 11.8. The number of aromatic nitrogens is 5. The summed E-state index contributed by atoms with van der Waals surface area (Å²) in [4.78, 5) is 28.2. The van der Waals surface area contributed by atoms with E-state index < -0.39 is 0 Å². The van der Waals surface area contributed by atoms with Crippen LogP contribution in [0.5, 0.6) is 0 Å². The predicted molar refractivity (Wildman–Crippen MR) is 73.2 cm³/mol. The van der Waals surface area contributed by atoms with Crippen molar-refractivity contribution in [2.45, 2.75) is 46.3 Å². The number of rotatable bonds is 3. The summed E-state index contributed by atoms with van der Waals surface area (Å²) in [6, 6.07) is 0. The number of nitrogens with zero attached hydrogens (tertiary/aromatic N) is 5. The largest absolute Gasteiger partial charge is 0.350 e. The number of nitrogens with one attached hydrogen (secondary N) is 1. The predicted octanol–water partition coefficient (Wildman–Crippen LogP) is -0.0774. The van der Waals surface area contributed by atoms with Gasteiger partial charge < -0.3 is 5.32 Å². The van der Waals surface area contributed by atoms with Gasteiger partial charge in [0.2, 0.25) is 5.91 Å². The van der Waals surface area contributed by atoms with Crippen LogP contribution >= 0.6 is 0 Å². The third-order valence-electron chi connectivity index (χ3n) is 2.62. The van der Waals surface area contributed by atoms with Gasteiger partial charge in [-0.3, -0.25) is 14.2 Å². The van der Waals surface area contributed by atoms with E-state index in [0.29, 0.717) is 12.2 Å². The minimum absolute atomic E-state index is 0.0853. The second kappa shape index (κ2) is 5.03. The minimum atomic E-state index is -0.362. The van der Waals surface area contributed by atoms with Crippen LogP contribution in [-0.2, 0) is 17.9 Å². The maximum atomic E-state index is 12.2. The summed E-state index contributed by atoms with van der Waals surface area (Å²) in [5, 5.41) is 10.5. The Morgan fingerprint density at radius 2 is 2.10 bits per heavy atom. The lowest BCUT2D eigenvalue weighted by molar-refractivity contribution is -0.123. The molecule has 0 bridgehead atoms. The van der Waals surface area contributed by atoms with E-state index in [9.17, 15) is 9.59 Å². The Labute approximate surface area is 115 Å². The van der Waals surface area contributed by atoms with Gasteiger partial charge in [0.1, 0.15) is 12.9 Å². The van der Waals surface area contributed by atoms with Crippen molar-refractivity contribution >= 4 is 17.1 Å². The Morgan fingerprint density at radius 3 is 2.70 bits per heavy atom. The molecule has 1 N–H and O–H groups in total. The standard InChI is InChI=1S/C12H18N6O2/c1-5-18-10-9(15-16-18)11(20)17(7-13-10)6-8(19)14-12(2,3)4/h7H,5-6H2,1-4H3,(H,14,19). The molecule has 0 aromatic carbocycles. The molecule has 2 aromatic heterocycles. The third-order valence-corrected chi connectivity index (χ3v) is 2.62. The molecule has 2 aromatic rings. The molecule has 2 heterocycles. The van der Waals surface area contributed by atoms with E-state index in [2.05, 4.69) is 20.6 Å². The average Bonchev–Trinajstić information content (AvgIpc) is 2.74. The molecule has 8 nitrogen and oxygen atoms in total. The average molecular weight is 278 g/mol. The van der Waals surface area contributed by atoms with Gasteiger partial charge in [-0.25, -0.2) is 9.67 Å². The van der Waals surface area contributed by atoms with E-state index in [1.165, 1.54) is 15.6 Å². The number of carbonyl (C=O) groups excluding carboxylic acids is 1. The molecule has 0 saturated heterocycles. The second-order valence-corrected chi connectivity index (χ2v) is 5.55. The highest BCUT2D eigenvalue weighted by Crippen LogP contribution is 2.02. The number of amides is 1. The number of hydrogen-bond acceptors (Lipinski definition) is 5. The lowest BCUT2D eigenvalue weighted by Crippen LogP contribution is -2.43. The van der Waals surface area contributed by atoms with Crippen LogP contribution < -0.4 is 10.9 Å². The molecule has 0 saturated carbocycles. The SMILES string of the molecule is CCn1nnc2c(=O)n(CC(=O)NC(C)(C)C)cnc21. The first kappa shape index (κ1) is 14.2. The first-order chi connectivity index (χ1) is 9.31. The van der Waals surface area contributed by atoms with Crippen molar-refractivity contribution < 1.29 is 4.79 Å². The van der Waals surface area contributed by atoms with E-state index in [1.807, 2.05) is 27.7 Å². The van der Waals surface area contributed by atoms with Crippen LogP contribution in [0.25, 0.3) is 11.2 Å². The molecule has 2 rings (SSSR count). The van der Waals surface area contributed by atoms with Crippen LogP contribution in [0.3, 0.4) is 0 Å². The van der Waals surface area contributed by atoms with Crippen LogP contribution in [0.15, 0.2) is 11.1 Å². The van der Waals surface area contributed by atoms with Gasteiger partial charge in [-0.2, -0.15) is 0 Å². The fourth-order valence-electron chi connectivity index (χ4n) is 1.83. The Hall–Kier alpha value is -2.25. The Kier molecular flexibility index (Phi) is 3.56. The van der Waals surface area contributed by atoms with Crippen molar-refractivity contribution in [2.75, 3.05) is 0 Å². The zero-order chi connectivity index (χ0) is 14.9. The monoisotopic (exact) mass is 278 g/mol. The van der Waals surface area contributed by atoms with Gasteiger partial charge in [0.05, 0.1) is 0 Å². The van der Waals surface area contributed by atoms with Gasteiger partial charge in [0.25, 0.3) is 5.56 Å². The topological polar surface area (TPSA) is 94.7 Å². The molecular formula is C12H18N6O2. The molecule has 0 aliphatic heterocycles. The zero-order valence-corrected chi connectivity index (χ0v) is 12.0. The van der Waals surface area contributed by atoms with E-state index >= 15 is 0 Å². The van der Waals surface area contributed by atoms with Crippen molar-refractivity contribution in [2.24, 2.45) is 0 Å². The summed E-state index contributed by atoms with van der Waals surface area (Å²) in [6.07, 6.45) is 1.35. The molecule has 0 aliphatic carbocycles. The first-order valence-corrected chi connectivity index (χ1v) is 6.41. The smallest absolute Gasteiger partial charge is 0.283 e. The van der Waals surface area contributed by atoms with Gasteiger partial charge in [0, 0.05) is 12.1 Å². The van der Waals surface area contributed by atoms with E-state index in [1.54, 1.807) is 0 Å². The first-order valence-electron chi connectivity index (χ1n) is 6.41. The maximum Gasteiger partial charge on any atom is 0.283 e. The summed E-state index contributed by atoms with van der Waals surface area (Å²) in [5.41, 5.74) is -0.0922. The molecule has 0 unspecified atom stereocenters. The van der Waals surface area contributed by atoms with Crippen LogP contribution in [0, 0.1) is 0 Å². The number of carbonyl (C=O) groups is 1. The van der Waals surface area contributed by atoms with E-state index in [0.717, 1.165) is 0 Å². The van der Waals surface area contributed by atoms with E-state index in [-0.39, 0.29) is 29.1 Å². The summed E-state index contributed by atoms with van der Waals surface area (Å²) in [7, 11) is 0. The van der Waals surface area contributed by atoms with Gasteiger partial charge in [-0.05, 0) is 27.7 Å². The molecule has 0 spiro atoms. The molecule has 20 heavy (non-hydrogen) atoms. The molecule has 0 atom stereocenters. The number of fused-ring (bicyclic) bond motifs is 1. The van der Waals surface area contributed by atoms with Gasteiger partial charge >= 0.3 is 0 Å². The summed E-state index contributed by atoms with van der Waals surface area (Å²) < 4.78 is 2.77. The van der Waals surface area contributed by atoms with Gasteiger partial charge in [-0.15, -0.1) is 5.10 Å². The lowest BCUT2D eigenvalue weighted by atomic mass is 10.1. The van der Waals surface area contributed by atoms with Crippen LogP contribution in [-0.4, -0.2) is 36.0 Å². The highest BCUT2D eigenvalue weighted by Gasteiger charge is 2.16. The molecule has 108 valence electrons. The summed E-state index contributed by atoms with van der Waals surface area (Å²) in [6.45, 7) is 8.01. The Bertz CT molecular complexity index is 694. The van der Waals surface area contributed by atoms with Crippen LogP contribution in [0.2, 0.25) is 0 Å². The Balaban J connectivity index is 2.30. The molecule has 0 aliphatic rings. The highest BCUT2D eigenvalue weighted by molar-refractivity contribution is 5.77. The fraction of sp³-hybridized carbons (Fsp3) is 0.583. The molecule has 1 amide bonds. The number of aryl methyl sites for hydroxylation is 1. The third kappa shape index (κ3) is 2.84. The van der Waals surface area contributed by atoms with Crippen molar-refractivity contribution in [1.82, 2.24) is 29.9 Å². The van der Waals surface area contributed by atoms with Crippen LogP contribution in [0.1, 0.15) is 27.7 Å². The highest BCUT2D eigenvalue weighted by atomic mass is 16.2. The molecule has 0 radical (unpaired) electrons. The minimum Gasteiger partial charge on any atom is -0.350 e. The quantitative estimate of drug-likeness (QED) is 0.847. The maximum absolute atomic E-state index is 12.2.